The Morgan fingerprint density at radius 1 is 1.00 bits per heavy atom. The fourth-order valence-electron chi connectivity index (χ4n) is 2.48. The van der Waals surface area contributed by atoms with E-state index in [1.165, 1.54) is 5.56 Å². The van der Waals surface area contributed by atoms with E-state index in [1.807, 2.05) is 24.3 Å². The van der Waals surface area contributed by atoms with Crippen LogP contribution >= 0.6 is 0 Å². The van der Waals surface area contributed by atoms with Crippen LogP contribution in [-0.4, -0.2) is 26.8 Å². The largest absolute Gasteiger partial charge is 0.497 e. The van der Waals surface area contributed by atoms with E-state index in [0.717, 1.165) is 36.7 Å². The summed E-state index contributed by atoms with van der Waals surface area (Å²) in [6, 6.07) is 16.4. The third-order valence-electron chi connectivity index (χ3n) is 3.77. The molecule has 118 valence electrons. The Balaban J connectivity index is 1.96. The van der Waals surface area contributed by atoms with Crippen LogP contribution in [0, 0.1) is 0 Å². The molecule has 0 bridgehead atoms. The summed E-state index contributed by atoms with van der Waals surface area (Å²) < 4.78 is 11.3. The highest BCUT2D eigenvalue weighted by atomic mass is 16.5. The van der Waals surface area contributed by atoms with Crippen LogP contribution in [0.5, 0.6) is 11.5 Å². The summed E-state index contributed by atoms with van der Waals surface area (Å²) in [5, 5.41) is 0. The van der Waals surface area contributed by atoms with E-state index in [4.69, 9.17) is 9.47 Å². The number of methoxy groups -OCH3 is 1. The molecule has 0 aromatic heterocycles. The predicted octanol–water partition coefficient (Wildman–Crippen LogP) is 4.16. The summed E-state index contributed by atoms with van der Waals surface area (Å²) in [5.74, 6) is 1.87. The standard InChI is InChI=1S/C19H25NO2/c1-4-16-9-6-7-12-19(16)22-14-13-20(5-2)17-10-8-11-18(15-17)21-3/h6-12,15H,4-5,13-14H2,1-3H3. The molecule has 2 aromatic rings. The van der Waals surface area contributed by atoms with Crippen LogP contribution in [0.3, 0.4) is 0 Å². The number of hydrogen-bond donors (Lipinski definition) is 0. The molecule has 0 fully saturated rings. The molecule has 0 N–H and O–H groups in total. The zero-order valence-corrected chi connectivity index (χ0v) is 13.7. The minimum absolute atomic E-state index is 0.669. The fourth-order valence-corrected chi connectivity index (χ4v) is 2.48. The van der Waals surface area contributed by atoms with Gasteiger partial charge < -0.3 is 14.4 Å². The number of hydrogen-bond acceptors (Lipinski definition) is 3. The number of para-hydroxylation sites is 1. The smallest absolute Gasteiger partial charge is 0.122 e. The minimum Gasteiger partial charge on any atom is -0.497 e. The number of rotatable bonds is 8. The van der Waals surface area contributed by atoms with Crippen LogP contribution < -0.4 is 14.4 Å². The van der Waals surface area contributed by atoms with E-state index >= 15 is 0 Å². The first-order valence-electron chi connectivity index (χ1n) is 7.88. The Bertz CT molecular complexity index is 583. The van der Waals surface area contributed by atoms with Crippen molar-refractivity contribution in [3.63, 3.8) is 0 Å². The van der Waals surface area contributed by atoms with E-state index in [-0.39, 0.29) is 0 Å². The van der Waals surface area contributed by atoms with Crippen molar-refractivity contribution in [1.29, 1.82) is 0 Å². The van der Waals surface area contributed by atoms with Gasteiger partial charge >= 0.3 is 0 Å². The third-order valence-corrected chi connectivity index (χ3v) is 3.77. The molecule has 0 saturated carbocycles. The Labute approximate surface area is 133 Å². The number of aryl methyl sites for hydroxylation is 1. The van der Waals surface area contributed by atoms with Gasteiger partial charge in [-0.1, -0.05) is 31.2 Å². The molecular weight excluding hydrogens is 274 g/mol. The Morgan fingerprint density at radius 2 is 1.82 bits per heavy atom. The van der Waals surface area contributed by atoms with Crippen molar-refractivity contribution in [3.05, 3.63) is 54.1 Å². The van der Waals surface area contributed by atoms with Crippen molar-refractivity contribution in [2.45, 2.75) is 20.3 Å². The van der Waals surface area contributed by atoms with Gasteiger partial charge in [0.25, 0.3) is 0 Å². The molecule has 3 nitrogen and oxygen atoms in total. The molecule has 0 radical (unpaired) electrons. The molecule has 2 rings (SSSR count). The summed E-state index contributed by atoms with van der Waals surface area (Å²) in [4.78, 5) is 2.29. The van der Waals surface area contributed by atoms with Crippen molar-refractivity contribution < 1.29 is 9.47 Å². The molecule has 2 aromatic carbocycles. The van der Waals surface area contributed by atoms with Crippen LogP contribution in [-0.2, 0) is 6.42 Å². The lowest BCUT2D eigenvalue weighted by Gasteiger charge is -2.24. The SMILES string of the molecule is CCc1ccccc1OCCN(CC)c1cccc(OC)c1. The highest BCUT2D eigenvalue weighted by Gasteiger charge is 2.07. The molecule has 0 heterocycles. The minimum atomic E-state index is 0.669. The van der Waals surface area contributed by atoms with Gasteiger partial charge in [-0.2, -0.15) is 0 Å². The van der Waals surface area contributed by atoms with Crippen molar-refractivity contribution in [3.8, 4) is 11.5 Å². The summed E-state index contributed by atoms with van der Waals surface area (Å²) in [5.41, 5.74) is 2.42. The van der Waals surface area contributed by atoms with Gasteiger partial charge in [-0.25, -0.2) is 0 Å². The molecule has 22 heavy (non-hydrogen) atoms. The number of anilines is 1. The van der Waals surface area contributed by atoms with Crippen LogP contribution in [0.2, 0.25) is 0 Å². The average Bonchev–Trinajstić information content (AvgIpc) is 2.59. The molecular formula is C19H25NO2. The van der Waals surface area contributed by atoms with Gasteiger partial charge in [-0.3, -0.25) is 0 Å². The fraction of sp³-hybridized carbons (Fsp3) is 0.368. The van der Waals surface area contributed by atoms with Gasteiger partial charge in [0.1, 0.15) is 18.1 Å². The maximum absolute atomic E-state index is 5.97. The first kappa shape index (κ1) is 16.2. The quantitative estimate of drug-likeness (QED) is 0.730. The number of benzene rings is 2. The Kier molecular flexibility index (Phi) is 6.13. The van der Waals surface area contributed by atoms with E-state index in [1.54, 1.807) is 7.11 Å². The summed E-state index contributed by atoms with van der Waals surface area (Å²) in [7, 11) is 1.69. The molecule has 0 spiro atoms. The molecule has 0 amide bonds. The Morgan fingerprint density at radius 3 is 2.55 bits per heavy atom. The van der Waals surface area contributed by atoms with Crippen LogP contribution in [0.1, 0.15) is 19.4 Å². The van der Waals surface area contributed by atoms with Crippen LogP contribution in [0.25, 0.3) is 0 Å². The topological polar surface area (TPSA) is 21.7 Å². The monoisotopic (exact) mass is 299 g/mol. The molecule has 0 atom stereocenters. The summed E-state index contributed by atoms with van der Waals surface area (Å²) in [6.07, 6.45) is 0.990. The molecule has 0 aliphatic heterocycles. The average molecular weight is 299 g/mol. The van der Waals surface area contributed by atoms with Crippen molar-refractivity contribution in [1.82, 2.24) is 0 Å². The number of likely N-dealkylation sites (N-methyl/N-ethyl adjacent to an activating group) is 1. The number of nitrogens with zero attached hydrogens (tertiary/aromatic N) is 1. The second kappa shape index (κ2) is 8.32. The van der Waals surface area contributed by atoms with Crippen LogP contribution in [0.15, 0.2) is 48.5 Å². The Hall–Kier alpha value is -2.16. The van der Waals surface area contributed by atoms with E-state index < -0.39 is 0 Å². The molecule has 0 unspecified atom stereocenters. The first-order valence-corrected chi connectivity index (χ1v) is 7.88. The van der Waals surface area contributed by atoms with Gasteiger partial charge in [-0.05, 0) is 37.1 Å². The second-order valence-electron chi connectivity index (χ2n) is 5.09. The molecule has 0 aliphatic carbocycles. The maximum atomic E-state index is 5.97. The highest BCUT2D eigenvalue weighted by molar-refractivity contribution is 5.50. The predicted molar refractivity (Wildman–Crippen MR) is 92.2 cm³/mol. The molecule has 0 saturated heterocycles. The lowest BCUT2D eigenvalue weighted by Crippen LogP contribution is -2.28. The lowest BCUT2D eigenvalue weighted by atomic mass is 10.1. The molecule has 3 heteroatoms. The van der Waals surface area contributed by atoms with Crippen molar-refractivity contribution >= 4 is 5.69 Å². The number of ether oxygens (including phenoxy) is 2. The van der Waals surface area contributed by atoms with Gasteiger partial charge in [0.2, 0.25) is 0 Å². The highest BCUT2D eigenvalue weighted by Crippen LogP contribution is 2.21. The van der Waals surface area contributed by atoms with E-state index in [9.17, 15) is 0 Å². The van der Waals surface area contributed by atoms with Gasteiger partial charge in [-0.15, -0.1) is 0 Å². The van der Waals surface area contributed by atoms with Crippen molar-refractivity contribution in [2.24, 2.45) is 0 Å². The van der Waals surface area contributed by atoms with E-state index in [0.29, 0.717) is 6.61 Å². The second-order valence-corrected chi connectivity index (χ2v) is 5.09. The van der Waals surface area contributed by atoms with Gasteiger partial charge in [0.15, 0.2) is 0 Å². The van der Waals surface area contributed by atoms with Gasteiger partial charge in [0.05, 0.1) is 13.7 Å². The van der Waals surface area contributed by atoms with Gasteiger partial charge in [0, 0.05) is 18.3 Å². The summed E-state index contributed by atoms with van der Waals surface area (Å²) >= 11 is 0. The molecule has 0 aliphatic rings. The normalized spacial score (nSPS) is 10.3. The third kappa shape index (κ3) is 4.17. The zero-order valence-electron chi connectivity index (χ0n) is 13.7. The zero-order chi connectivity index (χ0) is 15.8. The lowest BCUT2D eigenvalue weighted by molar-refractivity contribution is 0.321. The van der Waals surface area contributed by atoms with E-state index in [2.05, 4.69) is 43.0 Å². The first-order chi connectivity index (χ1) is 10.8. The summed E-state index contributed by atoms with van der Waals surface area (Å²) in [6.45, 7) is 6.76. The van der Waals surface area contributed by atoms with Crippen molar-refractivity contribution in [2.75, 3.05) is 31.7 Å². The van der Waals surface area contributed by atoms with Crippen LogP contribution in [0.4, 0.5) is 5.69 Å². The maximum Gasteiger partial charge on any atom is 0.122 e.